The van der Waals surface area contributed by atoms with E-state index in [-0.39, 0.29) is 12.8 Å². The normalized spacial score (nSPS) is 11.0. The lowest BCUT2D eigenvalue weighted by Gasteiger charge is -2.12. The van der Waals surface area contributed by atoms with Gasteiger partial charge in [-0.2, -0.15) is 0 Å². The molecule has 0 heterocycles. The van der Waals surface area contributed by atoms with Gasteiger partial charge in [-0.25, -0.2) is 4.79 Å². The molecule has 0 saturated carbocycles. The van der Waals surface area contributed by atoms with E-state index in [0.29, 0.717) is 12.5 Å². The number of carbonyl (C=O) groups is 1. The minimum atomic E-state index is -2.48. The number of aliphatic hydroxyl groups is 1. The van der Waals surface area contributed by atoms with Crippen LogP contribution in [0.3, 0.4) is 0 Å². The summed E-state index contributed by atoms with van der Waals surface area (Å²) >= 11 is 11.5. The molecular formula is C7H12Cl2O3Si. The average molecular weight is 243 g/mol. The van der Waals surface area contributed by atoms with Gasteiger partial charge in [-0.1, -0.05) is 6.58 Å². The second-order valence-electron chi connectivity index (χ2n) is 2.49. The quantitative estimate of drug-likeness (QED) is 0.253. The Morgan fingerprint density at radius 1 is 1.62 bits per heavy atom. The summed E-state index contributed by atoms with van der Waals surface area (Å²) in [5.41, 5.74) is 0. The molecule has 0 aromatic heterocycles. The number of aliphatic hydroxyl groups excluding tert-OH is 1. The molecule has 3 nitrogen and oxygen atoms in total. The summed E-state index contributed by atoms with van der Waals surface area (Å²) in [6.07, 6.45) is 1.49. The van der Waals surface area contributed by atoms with Crippen LogP contribution in [-0.4, -0.2) is 30.6 Å². The molecule has 0 radical (unpaired) electrons. The van der Waals surface area contributed by atoms with E-state index in [1.165, 1.54) is 0 Å². The maximum Gasteiger partial charge on any atom is 0.330 e. The Labute approximate surface area is 87.7 Å². The Hall–Kier alpha value is -0.0331. The monoisotopic (exact) mass is 242 g/mol. The van der Waals surface area contributed by atoms with Crippen LogP contribution < -0.4 is 0 Å². The highest BCUT2D eigenvalue weighted by Crippen LogP contribution is 2.20. The fourth-order valence-electron chi connectivity index (χ4n) is 0.642. The molecule has 0 atom stereocenters. The molecule has 0 aromatic rings. The highest BCUT2D eigenvalue weighted by atomic mass is 35.7. The minimum absolute atomic E-state index is 0.175. The van der Waals surface area contributed by atoms with Crippen molar-refractivity contribution in [2.75, 3.05) is 12.8 Å². The molecule has 0 fully saturated rings. The van der Waals surface area contributed by atoms with Crippen LogP contribution in [0, 0.1) is 0 Å². The van der Waals surface area contributed by atoms with Crippen LogP contribution in [0.4, 0.5) is 0 Å². The first-order valence-electron chi connectivity index (χ1n) is 3.80. The molecule has 0 unspecified atom stereocenters. The molecule has 0 aromatic carbocycles. The Morgan fingerprint density at radius 3 is 2.69 bits per heavy atom. The largest absolute Gasteiger partial charge is 0.463 e. The van der Waals surface area contributed by atoms with Crippen LogP contribution in [0.1, 0.15) is 6.42 Å². The van der Waals surface area contributed by atoms with Crippen molar-refractivity contribution in [3.8, 4) is 0 Å². The van der Waals surface area contributed by atoms with Crippen LogP contribution in [0.5, 0.6) is 0 Å². The third-order valence-electron chi connectivity index (χ3n) is 1.33. The van der Waals surface area contributed by atoms with E-state index in [0.717, 1.165) is 6.08 Å². The predicted molar refractivity (Wildman–Crippen MR) is 55.1 cm³/mol. The molecule has 0 amide bonds. The third-order valence-corrected chi connectivity index (χ3v) is 4.73. The van der Waals surface area contributed by atoms with E-state index in [4.69, 9.17) is 32.0 Å². The SMILES string of the molecule is C=CC(=O)OCCC[Si](Cl)(Cl)CO. The Balaban J connectivity index is 3.46. The van der Waals surface area contributed by atoms with Crippen molar-refractivity contribution >= 4 is 34.8 Å². The zero-order valence-electron chi connectivity index (χ0n) is 7.13. The molecule has 6 heteroatoms. The highest BCUT2D eigenvalue weighted by molar-refractivity contribution is 7.45. The van der Waals surface area contributed by atoms with Crippen molar-refractivity contribution in [3.63, 3.8) is 0 Å². The summed E-state index contributed by atoms with van der Waals surface area (Å²) in [6.45, 7) is 1.03. The Morgan fingerprint density at radius 2 is 2.23 bits per heavy atom. The number of esters is 1. The lowest BCUT2D eigenvalue weighted by Crippen LogP contribution is -2.25. The van der Waals surface area contributed by atoms with E-state index in [1.807, 2.05) is 0 Å². The highest BCUT2D eigenvalue weighted by Gasteiger charge is 2.26. The number of ether oxygens (including phenoxy) is 1. The number of rotatable bonds is 6. The van der Waals surface area contributed by atoms with Crippen LogP contribution in [0.15, 0.2) is 12.7 Å². The fourth-order valence-corrected chi connectivity index (χ4v) is 2.26. The number of carbonyl (C=O) groups excluding carboxylic acids is 1. The molecule has 0 aliphatic rings. The summed E-state index contributed by atoms with van der Waals surface area (Å²) in [4.78, 5) is 10.6. The van der Waals surface area contributed by atoms with Gasteiger partial charge in [0.1, 0.15) is 0 Å². The average Bonchev–Trinajstić information content (AvgIpc) is 2.12. The first-order chi connectivity index (χ1) is 6.02. The second kappa shape index (κ2) is 6.43. The molecular weight excluding hydrogens is 231 g/mol. The van der Waals surface area contributed by atoms with Gasteiger partial charge in [-0.15, -0.1) is 22.2 Å². The summed E-state index contributed by atoms with van der Waals surface area (Å²) in [7, 11) is 0. The van der Waals surface area contributed by atoms with Crippen molar-refractivity contribution in [3.05, 3.63) is 12.7 Å². The lowest BCUT2D eigenvalue weighted by atomic mass is 10.5. The van der Waals surface area contributed by atoms with Gasteiger partial charge >= 0.3 is 5.97 Å². The van der Waals surface area contributed by atoms with Gasteiger partial charge < -0.3 is 9.84 Å². The summed E-state index contributed by atoms with van der Waals surface area (Å²) < 4.78 is 4.70. The lowest BCUT2D eigenvalue weighted by molar-refractivity contribution is -0.137. The molecule has 1 N–H and O–H groups in total. The van der Waals surface area contributed by atoms with Crippen LogP contribution >= 0.6 is 22.2 Å². The van der Waals surface area contributed by atoms with Gasteiger partial charge in [0, 0.05) is 6.08 Å². The molecule has 0 aliphatic heterocycles. The van der Waals surface area contributed by atoms with Gasteiger partial charge in [0.05, 0.1) is 12.8 Å². The molecule has 0 bridgehead atoms. The molecule has 0 rings (SSSR count). The molecule has 13 heavy (non-hydrogen) atoms. The van der Waals surface area contributed by atoms with Gasteiger partial charge in [-0.3, -0.25) is 0 Å². The van der Waals surface area contributed by atoms with E-state index in [2.05, 4.69) is 6.58 Å². The number of hydrogen-bond acceptors (Lipinski definition) is 3. The van der Waals surface area contributed by atoms with Gasteiger partial charge in [0.25, 0.3) is 6.69 Å². The zero-order valence-corrected chi connectivity index (χ0v) is 9.64. The van der Waals surface area contributed by atoms with Crippen molar-refractivity contribution in [1.82, 2.24) is 0 Å². The van der Waals surface area contributed by atoms with E-state index in [9.17, 15) is 4.79 Å². The predicted octanol–water partition coefficient (Wildman–Crippen LogP) is 1.56. The summed E-state index contributed by atoms with van der Waals surface area (Å²) in [5.74, 6) is -0.458. The first-order valence-corrected chi connectivity index (χ1v) is 8.23. The molecule has 76 valence electrons. The summed E-state index contributed by atoms with van der Waals surface area (Å²) in [5, 5.41) is 8.72. The number of hydrogen-bond donors (Lipinski definition) is 1. The van der Waals surface area contributed by atoms with Crippen LogP contribution in [0.25, 0.3) is 0 Å². The van der Waals surface area contributed by atoms with Gasteiger partial charge in [0.15, 0.2) is 0 Å². The smallest absolute Gasteiger partial charge is 0.330 e. The second-order valence-corrected chi connectivity index (χ2v) is 9.94. The van der Waals surface area contributed by atoms with Crippen LogP contribution in [-0.2, 0) is 9.53 Å². The maximum absolute atomic E-state index is 10.6. The standard InChI is InChI=1S/C7H12Cl2O3Si/c1-2-7(11)12-4-3-5-13(8,9)6-10/h2,10H,1,3-6H2. The summed E-state index contributed by atoms with van der Waals surface area (Å²) in [6, 6.07) is 0.511. The first kappa shape index (κ1) is 13.0. The van der Waals surface area contributed by atoms with Crippen LogP contribution in [0.2, 0.25) is 6.04 Å². The molecule has 0 spiro atoms. The molecule has 0 aliphatic carbocycles. The van der Waals surface area contributed by atoms with E-state index >= 15 is 0 Å². The molecule has 0 saturated heterocycles. The van der Waals surface area contributed by atoms with Crippen molar-refractivity contribution in [1.29, 1.82) is 0 Å². The minimum Gasteiger partial charge on any atom is -0.463 e. The van der Waals surface area contributed by atoms with Gasteiger partial charge in [-0.05, 0) is 12.5 Å². The van der Waals surface area contributed by atoms with E-state index in [1.54, 1.807) is 0 Å². The fraction of sp³-hybridized carbons (Fsp3) is 0.571. The van der Waals surface area contributed by atoms with Crippen molar-refractivity contribution < 1.29 is 14.6 Å². The Bertz CT molecular complexity index is 185. The van der Waals surface area contributed by atoms with E-state index < -0.39 is 12.7 Å². The maximum atomic E-state index is 10.6. The topological polar surface area (TPSA) is 46.5 Å². The third kappa shape index (κ3) is 7.07. The van der Waals surface area contributed by atoms with Gasteiger partial charge in [0.2, 0.25) is 0 Å². The van der Waals surface area contributed by atoms with Crippen molar-refractivity contribution in [2.24, 2.45) is 0 Å². The Kier molecular flexibility index (Phi) is 6.41. The zero-order chi connectivity index (χ0) is 10.3. The van der Waals surface area contributed by atoms with Crippen molar-refractivity contribution in [2.45, 2.75) is 12.5 Å². The number of halogens is 2.